The van der Waals surface area contributed by atoms with E-state index in [9.17, 15) is 4.79 Å². The summed E-state index contributed by atoms with van der Waals surface area (Å²) in [6, 6.07) is 7.63. The molecule has 3 N–H and O–H groups in total. The van der Waals surface area contributed by atoms with Crippen LogP contribution in [-0.2, 0) is 16.6 Å². The van der Waals surface area contributed by atoms with Crippen molar-refractivity contribution < 1.29 is 9.53 Å². The summed E-state index contributed by atoms with van der Waals surface area (Å²) in [6.45, 7) is 0.313. The number of hydrogen-bond acceptors (Lipinski definition) is 5. The van der Waals surface area contributed by atoms with E-state index >= 15 is 0 Å². The number of carbonyl (C=O) groups is 1. The molecule has 1 aromatic carbocycles. The smallest absolute Gasteiger partial charge is 0.227 e. The number of nitrogens with zero attached hydrogens (tertiary/aromatic N) is 2. The number of para-hydroxylation sites is 1. The van der Waals surface area contributed by atoms with Crippen molar-refractivity contribution in [1.82, 2.24) is 9.55 Å². The maximum Gasteiger partial charge on any atom is 0.227 e. The lowest BCUT2D eigenvalue weighted by atomic mass is 10.2. The molecular weight excluding hydrogens is 300 g/mol. The Labute approximate surface area is 134 Å². The Morgan fingerprint density at radius 2 is 2.27 bits per heavy atom. The number of imidazole rings is 1. The van der Waals surface area contributed by atoms with Crippen molar-refractivity contribution in [3.8, 4) is 0 Å². The van der Waals surface area contributed by atoms with E-state index in [4.69, 9.17) is 10.5 Å². The number of aromatic nitrogens is 2. The number of ether oxygens (including phenoxy) is 1. The van der Waals surface area contributed by atoms with Crippen molar-refractivity contribution >= 4 is 23.4 Å². The number of nitrogens with one attached hydrogen (secondary N) is 1. The van der Waals surface area contributed by atoms with Crippen LogP contribution in [0.2, 0.25) is 0 Å². The van der Waals surface area contributed by atoms with E-state index in [0.29, 0.717) is 6.54 Å². The molecule has 1 aromatic heterocycles. The number of methoxy groups -OCH3 is 1. The number of hydrogen-bond donors (Lipinski definition) is 2. The topological polar surface area (TPSA) is 82.2 Å². The van der Waals surface area contributed by atoms with Crippen LogP contribution in [0.3, 0.4) is 0 Å². The molecule has 0 aliphatic heterocycles. The molecule has 0 spiro atoms. The summed E-state index contributed by atoms with van der Waals surface area (Å²) in [4.78, 5) is 17.3. The number of anilines is 1. The van der Waals surface area contributed by atoms with E-state index in [1.54, 1.807) is 13.3 Å². The second-order valence-electron chi connectivity index (χ2n) is 4.76. The molecule has 0 fully saturated rings. The zero-order chi connectivity index (χ0) is 15.9. The maximum absolute atomic E-state index is 12.1. The van der Waals surface area contributed by atoms with Crippen molar-refractivity contribution in [3.63, 3.8) is 0 Å². The van der Waals surface area contributed by atoms with Gasteiger partial charge in [-0.05, 0) is 23.9 Å². The highest BCUT2D eigenvalue weighted by molar-refractivity contribution is 7.99. The molecule has 1 unspecified atom stereocenters. The molecule has 0 saturated carbocycles. The number of benzene rings is 1. The van der Waals surface area contributed by atoms with E-state index in [-0.39, 0.29) is 18.4 Å². The Morgan fingerprint density at radius 1 is 1.50 bits per heavy atom. The molecule has 1 amide bonds. The highest BCUT2D eigenvalue weighted by Gasteiger charge is 2.14. The molecular formula is C15H20N4O2S. The molecule has 22 heavy (non-hydrogen) atoms. The fourth-order valence-electron chi connectivity index (χ4n) is 1.88. The van der Waals surface area contributed by atoms with E-state index in [0.717, 1.165) is 15.7 Å². The van der Waals surface area contributed by atoms with Gasteiger partial charge in [0.05, 0.1) is 18.2 Å². The van der Waals surface area contributed by atoms with Gasteiger partial charge in [-0.15, -0.1) is 0 Å². The summed E-state index contributed by atoms with van der Waals surface area (Å²) < 4.78 is 7.06. The maximum atomic E-state index is 12.1. The number of aryl methyl sites for hydroxylation is 1. The van der Waals surface area contributed by atoms with Gasteiger partial charge in [0.1, 0.15) is 0 Å². The minimum atomic E-state index is -0.269. The monoisotopic (exact) mass is 320 g/mol. The lowest BCUT2D eigenvalue weighted by Crippen LogP contribution is -2.28. The first kappa shape index (κ1) is 16.5. The quantitative estimate of drug-likeness (QED) is 0.814. The van der Waals surface area contributed by atoms with Crippen molar-refractivity contribution in [2.75, 3.05) is 19.0 Å². The van der Waals surface area contributed by atoms with Crippen molar-refractivity contribution in [2.24, 2.45) is 12.8 Å². The van der Waals surface area contributed by atoms with Crippen molar-refractivity contribution in [2.45, 2.75) is 22.6 Å². The van der Waals surface area contributed by atoms with Gasteiger partial charge in [0.15, 0.2) is 5.16 Å². The lowest BCUT2D eigenvalue weighted by Gasteiger charge is -2.14. The predicted octanol–water partition coefficient (Wildman–Crippen LogP) is 1.87. The van der Waals surface area contributed by atoms with Crippen molar-refractivity contribution in [3.05, 3.63) is 36.7 Å². The molecule has 2 aromatic rings. The van der Waals surface area contributed by atoms with Crippen LogP contribution in [0.1, 0.15) is 6.42 Å². The fourth-order valence-corrected chi connectivity index (χ4v) is 2.77. The van der Waals surface area contributed by atoms with E-state index in [1.165, 1.54) is 11.8 Å². The molecule has 1 heterocycles. The zero-order valence-corrected chi connectivity index (χ0v) is 13.5. The summed E-state index contributed by atoms with van der Waals surface area (Å²) in [5.74, 6) is -0.120. The highest BCUT2D eigenvalue weighted by Crippen LogP contribution is 2.32. The second kappa shape index (κ2) is 7.98. The normalized spacial score (nSPS) is 12.1. The van der Waals surface area contributed by atoms with Gasteiger partial charge in [0, 0.05) is 38.0 Å². The molecule has 0 aliphatic carbocycles. The van der Waals surface area contributed by atoms with Gasteiger partial charge in [-0.3, -0.25) is 4.79 Å². The van der Waals surface area contributed by atoms with Crippen LogP contribution in [0.5, 0.6) is 0 Å². The van der Waals surface area contributed by atoms with Crippen LogP contribution in [0.25, 0.3) is 0 Å². The average Bonchev–Trinajstić information content (AvgIpc) is 2.92. The third-order valence-electron chi connectivity index (χ3n) is 3.15. The van der Waals surface area contributed by atoms with Gasteiger partial charge in [-0.25, -0.2) is 4.98 Å². The van der Waals surface area contributed by atoms with Crippen LogP contribution in [0.4, 0.5) is 5.69 Å². The van der Waals surface area contributed by atoms with E-state index < -0.39 is 0 Å². The SMILES string of the molecule is COC(CN)CC(=O)Nc1ccccc1Sc1nccn1C. The van der Waals surface area contributed by atoms with Gasteiger partial charge in [-0.1, -0.05) is 12.1 Å². The van der Waals surface area contributed by atoms with Crippen LogP contribution in [0.15, 0.2) is 46.7 Å². The van der Waals surface area contributed by atoms with Crippen molar-refractivity contribution in [1.29, 1.82) is 0 Å². The molecule has 2 rings (SSSR count). The summed E-state index contributed by atoms with van der Waals surface area (Å²) in [5, 5.41) is 3.77. The van der Waals surface area contributed by atoms with Gasteiger partial charge < -0.3 is 20.4 Å². The summed E-state index contributed by atoms with van der Waals surface area (Å²) in [7, 11) is 3.48. The van der Waals surface area contributed by atoms with Gasteiger partial charge in [0.2, 0.25) is 5.91 Å². The number of nitrogens with two attached hydrogens (primary N) is 1. The number of amides is 1. The molecule has 0 aliphatic rings. The zero-order valence-electron chi connectivity index (χ0n) is 12.7. The molecule has 118 valence electrons. The average molecular weight is 320 g/mol. The largest absolute Gasteiger partial charge is 0.380 e. The molecule has 1 atom stereocenters. The molecule has 0 saturated heterocycles. The lowest BCUT2D eigenvalue weighted by molar-refractivity contribution is -0.118. The Balaban J connectivity index is 2.08. The van der Waals surface area contributed by atoms with E-state index in [2.05, 4.69) is 10.3 Å². The van der Waals surface area contributed by atoms with E-state index in [1.807, 2.05) is 42.1 Å². The number of rotatable bonds is 7. The van der Waals surface area contributed by atoms with Crippen LogP contribution in [-0.4, -0.2) is 35.2 Å². The highest BCUT2D eigenvalue weighted by atomic mass is 32.2. The molecule has 7 heteroatoms. The Hall–Kier alpha value is -1.83. The third-order valence-corrected chi connectivity index (χ3v) is 4.30. The van der Waals surface area contributed by atoms with Crippen LogP contribution in [0, 0.1) is 0 Å². The Morgan fingerprint density at radius 3 is 2.91 bits per heavy atom. The standard InChI is InChI=1S/C15H20N4O2S/c1-19-8-7-17-15(19)22-13-6-4-3-5-12(13)18-14(20)9-11(10-16)21-2/h3-8,11H,9-10,16H2,1-2H3,(H,18,20). The van der Waals surface area contributed by atoms with Gasteiger partial charge in [-0.2, -0.15) is 0 Å². The minimum Gasteiger partial charge on any atom is -0.380 e. The number of carbonyl (C=O) groups excluding carboxylic acids is 1. The van der Waals surface area contributed by atoms with Gasteiger partial charge in [0.25, 0.3) is 0 Å². The Bertz CT molecular complexity index is 626. The summed E-state index contributed by atoms with van der Waals surface area (Å²) in [6.07, 6.45) is 3.59. The van der Waals surface area contributed by atoms with Crippen LogP contribution >= 0.6 is 11.8 Å². The molecule has 6 nitrogen and oxygen atoms in total. The van der Waals surface area contributed by atoms with Gasteiger partial charge >= 0.3 is 0 Å². The summed E-state index contributed by atoms with van der Waals surface area (Å²) >= 11 is 1.50. The first-order valence-electron chi connectivity index (χ1n) is 6.91. The first-order valence-corrected chi connectivity index (χ1v) is 7.72. The molecule has 0 radical (unpaired) electrons. The first-order chi connectivity index (χ1) is 10.6. The third kappa shape index (κ3) is 4.33. The predicted molar refractivity (Wildman–Crippen MR) is 86.9 cm³/mol. The molecule has 0 bridgehead atoms. The van der Waals surface area contributed by atoms with Crippen LogP contribution < -0.4 is 11.1 Å². The Kier molecular flexibility index (Phi) is 6.00. The minimum absolute atomic E-state index is 0.120. The second-order valence-corrected chi connectivity index (χ2v) is 5.77. The fraction of sp³-hybridized carbons (Fsp3) is 0.333. The summed E-state index contributed by atoms with van der Waals surface area (Å²) in [5.41, 5.74) is 6.30.